The van der Waals surface area contributed by atoms with Gasteiger partial charge in [0.2, 0.25) is 0 Å². The molecule has 0 amide bonds. The monoisotopic (exact) mass is 308 g/mol. The van der Waals surface area contributed by atoms with Crippen molar-refractivity contribution in [2.75, 3.05) is 6.61 Å². The van der Waals surface area contributed by atoms with Gasteiger partial charge in [0.05, 0.1) is 12.2 Å². The molecule has 0 heterocycles. The zero-order valence-corrected chi connectivity index (χ0v) is 12.5. The molecule has 0 aliphatic heterocycles. The Kier molecular flexibility index (Phi) is 5.05. The molecule has 0 atom stereocenters. The largest absolute Gasteiger partial charge is 0.493 e. The van der Waals surface area contributed by atoms with Gasteiger partial charge in [0.15, 0.2) is 5.78 Å². The van der Waals surface area contributed by atoms with Crippen LogP contribution in [0.5, 0.6) is 5.75 Å². The van der Waals surface area contributed by atoms with Crippen molar-refractivity contribution in [1.29, 1.82) is 0 Å². The molecule has 0 bridgehead atoms. The number of rotatable bonds is 5. The highest BCUT2D eigenvalue weighted by molar-refractivity contribution is 6.33. The maximum atomic E-state index is 12.4. The molecule has 0 unspecified atom stereocenters. The molecule has 0 radical (unpaired) electrons. The van der Waals surface area contributed by atoms with Crippen molar-refractivity contribution in [2.45, 2.75) is 13.3 Å². The lowest BCUT2D eigenvalue weighted by atomic mass is 10.0. The summed E-state index contributed by atoms with van der Waals surface area (Å²) in [6, 6.07) is 12.3. The van der Waals surface area contributed by atoms with E-state index in [-0.39, 0.29) is 12.2 Å². The maximum Gasteiger partial charge on any atom is 0.171 e. The molecule has 2 rings (SSSR count). The van der Waals surface area contributed by atoms with Crippen molar-refractivity contribution >= 4 is 29.0 Å². The van der Waals surface area contributed by atoms with Gasteiger partial charge in [-0.05, 0) is 42.8 Å². The summed E-state index contributed by atoms with van der Waals surface area (Å²) in [5, 5.41) is 1.10. The summed E-state index contributed by atoms with van der Waals surface area (Å²) in [4.78, 5) is 12.4. The number of halogens is 2. The van der Waals surface area contributed by atoms with Crippen LogP contribution in [-0.4, -0.2) is 12.4 Å². The third-order valence-corrected chi connectivity index (χ3v) is 3.45. The Bertz CT molecular complexity index is 624. The van der Waals surface area contributed by atoms with Crippen LogP contribution in [0.25, 0.3) is 0 Å². The van der Waals surface area contributed by atoms with Crippen molar-refractivity contribution in [3.63, 3.8) is 0 Å². The van der Waals surface area contributed by atoms with Gasteiger partial charge >= 0.3 is 0 Å². The fourth-order valence-electron chi connectivity index (χ4n) is 1.93. The number of carbonyl (C=O) groups excluding carboxylic acids is 1. The van der Waals surface area contributed by atoms with E-state index < -0.39 is 0 Å². The Morgan fingerprint density at radius 2 is 1.90 bits per heavy atom. The molecule has 2 aromatic carbocycles. The average Bonchev–Trinajstić information content (AvgIpc) is 2.44. The Balaban J connectivity index is 2.26. The van der Waals surface area contributed by atoms with E-state index in [2.05, 4.69) is 0 Å². The first kappa shape index (κ1) is 14.9. The highest BCUT2D eigenvalue weighted by atomic mass is 35.5. The lowest BCUT2D eigenvalue weighted by Gasteiger charge is -2.10. The van der Waals surface area contributed by atoms with Crippen LogP contribution >= 0.6 is 23.2 Å². The molecule has 104 valence electrons. The summed E-state index contributed by atoms with van der Waals surface area (Å²) in [5.41, 5.74) is 1.28. The first-order valence-corrected chi connectivity index (χ1v) is 7.06. The third-order valence-electron chi connectivity index (χ3n) is 2.85. The van der Waals surface area contributed by atoms with Gasteiger partial charge in [-0.15, -0.1) is 0 Å². The van der Waals surface area contributed by atoms with Gasteiger partial charge in [0.25, 0.3) is 0 Å². The summed E-state index contributed by atoms with van der Waals surface area (Å²) < 4.78 is 5.47. The molecule has 0 N–H and O–H groups in total. The van der Waals surface area contributed by atoms with Gasteiger partial charge in [-0.25, -0.2) is 0 Å². The molecule has 2 aromatic rings. The van der Waals surface area contributed by atoms with Crippen molar-refractivity contribution in [2.24, 2.45) is 0 Å². The van der Waals surface area contributed by atoms with Crippen LogP contribution in [0.1, 0.15) is 22.8 Å². The zero-order chi connectivity index (χ0) is 14.5. The molecule has 2 nitrogen and oxygen atoms in total. The average molecular weight is 309 g/mol. The van der Waals surface area contributed by atoms with Crippen LogP contribution in [0.4, 0.5) is 0 Å². The number of ketones is 1. The standard InChI is InChI=1S/C16H14Cl2O2/c1-2-20-16-6-4-3-5-13(16)15(19)10-11-9-12(17)7-8-14(11)18/h3-9H,2,10H2,1H3. The van der Waals surface area contributed by atoms with E-state index in [0.717, 1.165) is 5.56 Å². The van der Waals surface area contributed by atoms with E-state index in [9.17, 15) is 4.79 Å². The molecule has 0 aliphatic carbocycles. The van der Waals surface area contributed by atoms with E-state index in [1.165, 1.54) is 0 Å². The van der Waals surface area contributed by atoms with Gasteiger partial charge in [0.1, 0.15) is 5.75 Å². The van der Waals surface area contributed by atoms with Gasteiger partial charge in [-0.2, -0.15) is 0 Å². The predicted octanol–water partition coefficient (Wildman–Crippen LogP) is 4.82. The van der Waals surface area contributed by atoms with Crippen LogP contribution in [-0.2, 0) is 6.42 Å². The second-order valence-corrected chi connectivity index (χ2v) is 5.11. The lowest BCUT2D eigenvalue weighted by molar-refractivity contribution is 0.0989. The summed E-state index contributed by atoms with van der Waals surface area (Å²) in [6.07, 6.45) is 0.198. The van der Waals surface area contributed by atoms with Crippen LogP contribution in [0.2, 0.25) is 10.0 Å². The SMILES string of the molecule is CCOc1ccccc1C(=O)Cc1cc(Cl)ccc1Cl. The first-order valence-electron chi connectivity index (χ1n) is 6.30. The van der Waals surface area contributed by atoms with Gasteiger partial charge in [-0.1, -0.05) is 35.3 Å². The second kappa shape index (κ2) is 6.78. The number of ether oxygens (including phenoxy) is 1. The Morgan fingerprint density at radius 1 is 1.15 bits per heavy atom. The smallest absolute Gasteiger partial charge is 0.171 e. The molecule has 0 saturated carbocycles. The van der Waals surface area contributed by atoms with E-state index in [0.29, 0.717) is 28.0 Å². The van der Waals surface area contributed by atoms with Crippen LogP contribution in [0, 0.1) is 0 Å². The minimum Gasteiger partial charge on any atom is -0.493 e. The molecule has 0 fully saturated rings. The summed E-state index contributed by atoms with van der Waals surface area (Å²) in [5.74, 6) is 0.552. The minimum absolute atomic E-state index is 0.0433. The lowest BCUT2D eigenvalue weighted by Crippen LogP contribution is -2.07. The van der Waals surface area contributed by atoms with Gasteiger partial charge in [0, 0.05) is 16.5 Å². The van der Waals surface area contributed by atoms with Gasteiger partial charge in [-0.3, -0.25) is 4.79 Å². The minimum atomic E-state index is -0.0433. The number of hydrogen-bond acceptors (Lipinski definition) is 2. The Hall–Kier alpha value is -1.51. The summed E-state index contributed by atoms with van der Waals surface area (Å²) >= 11 is 12.0. The predicted molar refractivity (Wildman–Crippen MR) is 82.1 cm³/mol. The second-order valence-electron chi connectivity index (χ2n) is 4.26. The molecular formula is C16H14Cl2O2. The summed E-state index contributed by atoms with van der Waals surface area (Å²) in [7, 11) is 0. The van der Waals surface area contributed by atoms with Crippen molar-refractivity contribution in [1.82, 2.24) is 0 Å². The van der Waals surface area contributed by atoms with Crippen molar-refractivity contribution in [3.8, 4) is 5.75 Å². The Morgan fingerprint density at radius 3 is 2.65 bits per heavy atom. The van der Waals surface area contributed by atoms with Crippen LogP contribution in [0.3, 0.4) is 0 Å². The van der Waals surface area contributed by atoms with Gasteiger partial charge < -0.3 is 4.74 Å². The number of carbonyl (C=O) groups is 1. The fraction of sp³-hybridized carbons (Fsp3) is 0.188. The van der Waals surface area contributed by atoms with Crippen molar-refractivity contribution in [3.05, 3.63) is 63.6 Å². The summed E-state index contributed by atoms with van der Waals surface area (Å²) in [6.45, 7) is 2.40. The molecule has 0 aliphatic rings. The molecule has 4 heteroatoms. The van der Waals surface area contributed by atoms with Crippen LogP contribution in [0.15, 0.2) is 42.5 Å². The van der Waals surface area contributed by atoms with E-state index in [1.807, 2.05) is 19.1 Å². The molecule has 0 saturated heterocycles. The van der Waals surface area contributed by atoms with E-state index in [4.69, 9.17) is 27.9 Å². The van der Waals surface area contributed by atoms with Crippen molar-refractivity contribution < 1.29 is 9.53 Å². The maximum absolute atomic E-state index is 12.4. The number of hydrogen-bond donors (Lipinski definition) is 0. The fourth-order valence-corrected chi connectivity index (χ4v) is 2.30. The molecule has 0 aromatic heterocycles. The zero-order valence-electron chi connectivity index (χ0n) is 11.0. The highest BCUT2D eigenvalue weighted by Gasteiger charge is 2.14. The van der Waals surface area contributed by atoms with Crippen LogP contribution < -0.4 is 4.74 Å². The number of Topliss-reactive ketones (excluding diaryl/α,β-unsaturated/α-hetero) is 1. The third kappa shape index (κ3) is 3.53. The number of para-hydroxylation sites is 1. The topological polar surface area (TPSA) is 26.3 Å². The van der Waals surface area contributed by atoms with E-state index >= 15 is 0 Å². The number of benzene rings is 2. The van der Waals surface area contributed by atoms with E-state index in [1.54, 1.807) is 30.3 Å². The molecule has 0 spiro atoms. The Labute approximate surface area is 128 Å². The molecular weight excluding hydrogens is 295 g/mol. The highest BCUT2D eigenvalue weighted by Crippen LogP contribution is 2.25. The first-order chi connectivity index (χ1) is 9.61. The quantitative estimate of drug-likeness (QED) is 0.740. The normalized spacial score (nSPS) is 10.3. The molecule has 20 heavy (non-hydrogen) atoms.